The van der Waals surface area contributed by atoms with Crippen molar-refractivity contribution in [3.8, 4) is 0 Å². The fourth-order valence-corrected chi connectivity index (χ4v) is 3.09. The van der Waals surface area contributed by atoms with Crippen LogP contribution in [0.1, 0.15) is 31.0 Å². The number of nitrogens with one attached hydrogen (secondary N) is 1. The van der Waals surface area contributed by atoms with Gasteiger partial charge in [-0.05, 0) is 45.0 Å². The molecule has 2 amide bonds. The van der Waals surface area contributed by atoms with Crippen LogP contribution in [0.25, 0.3) is 0 Å². The van der Waals surface area contributed by atoms with Gasteiger partial charge < -0.3 is 15.5 Å². The average Bonchev–Trinajstić information content (AvgIpc) is 2.62. The zero-order chi connectivity index (χ0) is 20.0. The lowest BCUT2D eigenvalue weighted by Crippen LogP contribution is -2.92. The maximum atomic E-state index is 12.6. The number of amides is 2. The average molecular weight is 389 g/mol. The quantitative estimate of drug-likeness (QED) is 0.765. The second kappa shape index (κ2) is 9.53. The third-order valence-corrected chi connectivity index (χ3v) is 4.67. The van der Waals surface area contributed by atoms with E-state index in [4.69, 9.17) is 11.6 Å². The van der Waals surface area contributed by atoms with Crippen molar-refractivity contribution in [1.82, 2.24) is 4.90 Å². The van der Waals surface area contributed by atoms with E-state index in [0.29, 0.717) is 5.02 Å². The predicted octanol–water partition coefficient (Wildman–Crippen LogP) is 2.76. The minimum Gasteiger partial charge on any atom is -0.331 e. The number of benzene rings is 2. The molecular weight excluding hydrogens is 362 g/mol. The van der Waals surface area contributed by atoms with Crippen molar-refractivity contribution < 1.29 is 14.9 Å². The molecule has 0 aliphatic rings. The lowest BCUT2D eigenvalue weighted by atomic mass is 10.1. The molecule has 3 N–H and O–H groups in total. The molecule has 0 unspecified atom stereocenters. The first-order valence-corrected chi connectivity index (χ1v) is 9.36. The molecule has 2 aromatic carbocycles. The van der Waals surface area contributed by atoms with Gasteiger partial charge in [0.25, 0.3) is 5.91 Å². The first-order valence-electron chi connectivity index (χ1n) is 8.98. The van der Waals surface area contributed by atoms with Gasteiger partial charge in [-0.3, -0.25) is 9.59 Å². The highest BCUT2D eigenvalue weighted by Crippen LogP contribution is 2.15. The summed E-state index contributed by atoms with van der Waals surface area (Å²) in [6.07, 6.45) is 0. The van der Waals surface area contributed by atoms with E-state index >= 15 is 0 Å². The topological polar surface area (TPSA) is 66.0 Å². The summed E-state index contributed by atoms with van der Waals surface area (Å²) < 4.78 is 0. The molecule has 0 saturated heterocycles. The molecule has 6 heteroatoms. The van der Waals surface area contributed by atoms with E-state index < -0.39 is 0 Å². The minimum atomic E-state index is -0.309. The highest BCUT2D eigenvalue weighted by molar-refractivity contribution is 6.30. The highest BCUT2D eigenvalue weighted by Gasteiger charge is 2.24. The van der Waals surface area contributed by atoms with Crippen LogP contribution in [-0.2, 0) is 9.59 Å². The van der Waals surface area contributed by atoms with Gasteiger partial charge in [0.05, 0.1) is 6.54 Å². The molecule has 0 radical (unpaired) electrons. The Morgan fingerprint density at radius 1 is 1.15 bits per heavy atom. The van der Waals surface area contributed by atoms with Gasteiger partial charge in [-0.25, -0.2) is 0 Å². The van der Waals surface area contributed by atoms with E-state index in [0.717, 1.165) is 16.8 Å². The van der Waals surface area contributed by atoms with Crippen molar-refractivity contribution in [3.63, 3.8) is 0 Å². The number of halogens is 1. The van der Waals surface area contributed by atoms with Crippen LogP contribution < -0.4 is 10.6 Å². The number of likely N-dealkylation sites (N-methyl/N-ethyl adjacent to an activating group) is 1. The number of quaternary nitrogens is 1. The number of nitrogens with zero attached hydrogens (tertiary/aromatic N) is 1. The van der Waals surface area contributed by atoms with Crippen LogP contribution in [0.15, 0.2) is 48.5 Å². The van der Waals surface area contributed by atoms with E-state index in [1.807, 2.05) is 74.6 Å². The van der Waals surface area contributed by atoms with E-state index in [1.54, 1.807) is 7.05 Å². The predicted molar refractivity (Wildman–Crippen MR) is 109 cm³/mol. The molecule has 5 nitrogen and oxygen atoms in total. The molecule has 2 rings (SSSR count). The van der Waals surface area contributed by atoms with Gasteiger partial charge in [-0.1, -0.05) is 41.4 Å². The normalized spacial score (nSPS) is 12.9. The Hall–Kier alpha value is -2.37. The van der Waals surface area contributed by atoms with Gasteiger partial charge in [0.15, 0.2) is 6.04 Å². The summed E-state index contributed by atoms with van der Waals surface area (Å²) in [6.45, 7) is 5.87. The summed E-state index contributed by atoms with van der Waals surface area (Å²) in [5, 5.41) is 5.46. The van der Waals surface area contributed by atoms with Crippen molar-refractivity contribution in [2.45, 2.75) is 32.9 Å². The van der Waals surface area contributed by atoms with Crippen LogP contribution in [0.4, 0.5) is 5.69 Å². The molecular formula is C21H27ClN3O2+. The molecule has 2 atom stereocenters. The number of rotatable bonds is 7. The summed E-state index contributed by atoms with van der Waals surface area (Å²) in [4.78, 5) is 26.2. The lowest BCUT2D eigenvalue weighted by Gasteiger charge is -2.22. The van der Waals surface area contributed by atoms with Gasteiger partial charge in [0, 0.05) is 23.3 Å². The van der Waals surface area contributed by atoms with Crippen LogP contribution in [0.5, 0.6) is 0 Å². The Kier molecular flexibility index (Phi) is 7.39. The zero-order valence-electron chi connectivity index (χ0n) is 16.2. The number of carbonyl (C=O) groups excluding carboxylic acids is 2. The first kappa shape index (κ1) is 20.9. The van der Waals surface area contributed by atoms with E-state index in [9.17, 15) is 9.59 Å². The van der Waals surface area contributed by atoms with Crippen molar-refractivity contribution in [2.24, 2.45) is 0 Å². The summed E-state index contributed by atoms with van der Waals surface area (Å²) in [5.41, 5.74) is 2.90. The Labute approximate surface area is 165 Å². The van der Waals surface area contributed by atoms with Crippen molar-refractivity contribution >= 4 is 29.1 Å². The van der Waals surface area contributed by atoms with E-state index in [1.165, 1.54) is 4.90 Å². The Morgan fingerprint density at radius 2 is 1.81 bits per heavy atom. The monoisotopic (exact) mass is 388 g/mol. The van der Waals surface area contributed by atoms with Gasteiger partial charge in [0.2, 0.25) is 5.91 Å². The zero-order valence-corrected chi connectivity index (χ0v) is 17.0. The lowest BCUT2D eigenvalue weighted by molar-refractivity contribution is -0.710. The molecule has 0 bridgehead atoms. The van der Waals surface area contributed by atoms with E-state index in [2.05, 4.69) is 5.32 Å². The fourth-order valence-electron chi connectivity index (χ4n) is 2.89. The number of carbonyl (C=O) groups is 2. The SMILES string of the molecule is Cc1ccc(NC(=O)CN(C)C(=O)[C@H](C)[NH2+][C@@H](C)c2cccc(Cl)c2)cc1. The number of hydrogen-bond donors (Lipinski definition) is 2. The molecule has 0 aliphatic heterocycles. The van der Waals surface area contributed by atoms with Crippen molar-refractivity contribution in [3.05, 3.63) is 64.7 Å². The summed E-state index contributed by atoms with van der Waals surface area (Å²) in [7, 11) is 1.64. The van der Waals surface area contributed by atoms with Crippen LogP contribution in [0.3, 0.4) is 0 Å². The largest absolute Gasteiger partial charge is 0.331 e. The highest BCUT2D eigenvalue weighted by atomic mass is 35.5. The van der Waals surface area contributed by atoms with Gasteiger partial charge in [0.1, 0.15) is 6.04 Å². The smallest absolute Gasteiger partial charge is 0.280 e. The number of nitrogens with two attached hydrogens (primary N) is 1. The summed E-state index contributed by atoms with van der Waals surface area (Å²) >= 11 is 6.04. The molecule has 27 heavy (non-hydrogen) atoms. The minimum absolute atomic E-state index is 0.0104. The Morgan fingerprint density at radius 3 is 2.44 bits per heavy atom. The molecule has 0 aliphatic carbocycles. The summed E-state index contributed by atoms with van der Waals surface area (Å²) in [6, 6.07) is 14.9. The molecule has 0 aromatic heterocycles. The third kappa shape index (κ3) is 6.38. The van der Waals surface area contributed by atoms with Gasteiger partial charge in [-0.15, -0.1) is 0 Å². The van der Waals surface area contributed by atoms with E-state index in [-0.39, 0.29) is 30.4 Å². The summed E-state index contributed by atoms with van der Waals surface area (Å²) in [5.74, 6) is -0.312. The number of aryl methyl sites for hydroxylation is 1. The second-order valence-corrected chi connectivity index (χ2v) is 7.37. The molecule has 0 fully saturated rings. The van der Waals surface area contributed by atoms with Crippen LogP contribution in [-0.4, -0.2) is 36.3 Å². The molecule has 144 valence electrons. The first-order chi connectivity index (χ1) is 12.8. The second-order valence-electron chi connectivity index (χ2n) is 6.93. The maximum absolute atomic E-state index is 12.6. The van der Waals surface area contributed by atoms with Crippen molar-refractivity contribution in [1.29, 1.82) is 0 Å². The Balaban J connectivity index is 1.87. The molecule has 0 spiro atoms. The van der Waals surface area contributed by atoms with Crippen LogP contribution in [0, 0.1) is 6.92 Å². The standard InChI is InChI=1S/C21H26ClN3O2/c1-14-8-10-19(11-9-14)24-20(26)13-25(4)21(27)16(3)23-15(2)17-6-5-7-18(22)12-17/h5-12,15-16,23H,13H2,1-4H3,(H,24,26)/p+1/t15-,16-/m0/s1. The molecule has 0 heterocycles. The fraction of sp³-hybridized carbons (Fsp3) is 0.333. The molecule has 0 saturated carbocycles. The number of hydrogen-bond acceptors (Lipinski definition) is 2. The number of anilines is 1. The van der Waals surface area contributed by atoms with Gasteiger partial charge in [-0.2, -0.15) is 0 Å². The molecule has 2 aromatic rings. The van der Waals surface area contributed by atoms with Crippen LogP contribution >= 0.6 is 11.6 Å². The van der Waals surface area contributed by atoms with Crippen molar-refractivity contribution in [2.75, 3.05) is 18.9 Å². The van der Waals surface area contributed by atoms with Gasteiger partial charge >= 0.3 is 0 Å². The Bertz CT molecular complexity index is 792. The van der Waals surface area contributed by atoms with Crippen LogP contribution in [0.2, 0.25) is 5.02 Å². The third-order valence-electron chi connectivity index (χ3n) is 4.43. The maximum Gasteiger partial charge on any atom is 0.280 e.